The van der Waals surface area contributed by atoms with E-state index in [0.717, 1.165) is 5.56 Å². The molecule has 4 aromatic rings. The number of halogens is 2. The highest BCUT2D eigenvalue weighted by Crippen LogP contribution is 2.27. The van der Waals surface area contributed by atoms with Crippen LogP contribution in [0.5, 0.6) is 0 Å². The first kappa shape index (κ1) is 25.1. The van der Waals surface area contributed by atoms with E-state index in [9.17, 15) is 14.0 Å². The molecule has 0 fully saturated rings. The van der Waals surface area contributed by atoms with Crippen molar-refractivity contribution in [3.05, 3.63) is 124 Å². The average molecular weight is 528 g/mol. The molecule has 1 aliphatic rings. The van der Waals surface area contributed by atoms with E-state index in [1.165, 1.54) is 17.2 Å². The van der Waals surface area contributed by atoms with Gasteiger partial charge < -0.3 is 10.6 Å². The molecule has 1 aliphatic heterocycles. The molecule has 0 aliphatic carbocycles. The average Bonchev–Trinajstić information content (AvgIpc) is 3.03. The van der Waals surface area contributed by atoms with Crippen molar-refractivity contribution in [1.29, 1.82) is 0 Å². The second kappa shape index (κ2) is 10.8. The predicted octanol–water partition coefficient (Wildman–Crippen LogP) is 6.03. The molecule has 190 valence electrons. The summed E-state index contributed by atoms with van der Waals surface area (Å²) >= 11 is 6.17. The number of benzene rings is 3. The lowest BCUT2D eigenvalue weighted by Crippen LogP contribution is -2.47. The Bertz CT molecular complexity index is 1560. The van der Waals surface area contributed by atoms with Crippen LogP contribution < -0.4 is 10.6 Å². The van der Waals surface area contributed by atoms with Gasteiger partial charge in [0.25, 0.3) is 5.91 Å². The van der Waals surface area contributed by atoms with Gasteiger partial charge in [0, 0.05) is 28.0 Å². The Balaban J connectivity index is 1.62. The summed E-state index contributed by atoms with van der Waals surface area (Å²) in [5, 5.41) is 6.13. The number of hydrogen-bond donors (Lipinski definition) is 2. The van der Waals surface area contributed by atoms with Crippen LogP contribution in [0.15, 0.2) is 96.1 Å². The maximum absolute atomic E-state index is 15.0. The van der Waals surface area contributed by atoms with Crippen LogP contribution in [0, 0.1) is 12.7 Å². The van der Waals surface area contributed by atoms with Gasteiger partial charge in [0.1, 0.15) is 5.82 Å². The number of nitrogens with one attached hydrogen (secondary N) is 2. The first-order valence-corrected chi connectivity index (χ1v) is 12.2. The predicted molar refractivity (Wildman–Crippen MR) is 146 cm³/mol. The molecule has 9 heteroatoms. The van der Waals surface area contributed by atoms with Crippen LogP contribution in [0.4, 0.5) is 20.6 Å². The van der Waals surface area contributed by atoms with Crippen LogP contribution in [0.2, 0.25) is 5.02 Å². The summed E-state index contributed by atoms with van der Waals surface area (Å²) in [6.45, 7) is 1.82. The lowest BCUT2D eigenvalue weighted by atomic mass is 10.0. The number of amides is 3. The van der Waals surface area contributed by atoms with Gasteiger partial charge in [-0.05, 0) is 55.0 Å². The molecular formula is C29H23ClFN5O2. The summed E-state index contributed by atoms with van der Waals surface area (Å²) in [5.41, 5.74) is 3.41. The number of pyridine rings is 1. The van der Waals surface area contributed by atoms with Crippen molar-refractivity contribution in [2.24, 2.45) is 4.99 Å². The van der Waals surface area contributed by atoms with Crippen molar-refractivity contribution < 1.29 is 14.0 Å². The van der Waals surface area contributed by atoms with Crippen molar-refractivity contribution >= 4 is 40.6 Å². The van der Waals surface area contributed by atoms with E-state index in [-0.39, 0.29) is 17.8 Å². The van der Waals surface area contributed by atoms with Crippen LogP contribution in [-0.4, -0.2) is 33.7 Å². The fourth-order valence-electron chi connectivity index (χ4n) is 4.22. The monoisotopic (exact) mass is 527 g/mol. The summed E-state index contributed by atoms with van der Waals surface area (Å²) in [4.78, 5) is 37.5. The minimum atomic E-state index is -1.34. The van der Waals surface area contributed by atoms with Crippen LogP contribution in [0.1, 0.15) is 22.4 Å². The summed E-state index contributed by atoms with van der Waals surface area (Å²) < 4.78 is 15.0. The quantitative estimate of drug-likeness (QED) is 0.332. The SMILES string of the molecule is Cc1cccc(NC(=O)N(Cc2cc(Cl)ccn2)C2N=C(c3ccccc3F)c3ccccc3NC2=O)c1. The van der Waals surface area contributed by atoms with Gasteiger partial charge in [0.2, 0.25) is 6.17 Å². The number of nitrogens with zero attached hydrogens (tertiary/aromatic N) is 3. The normalized spacial score (nSPS) is 14.6. The van der Waals surface area contributed by atoms with Crippen molar-refractivity contribution in [3.63, 3.8) is 0 Å². The van der Waals surface area contributed by atoms with Gasteiger partial charge in [0.05, 0.1) is 23.6 Å². The van der Waals surface area contributed by atoms with Gasteiger partial charge in [-0.25, -0.2) is 14.2 Å². The van der Waals surface area contributed by atoms with E-state index in [1.807, 2.05) is 25.1 Å². The lowest BCUT2D eigenvalue weighted by Gasteiger charge is -2.28. The third-order valence-electron chi connectivity index (χ3n) is 5.99. The minimum absolute atomic E-state index is 0.0826. The highest BCUT2D eigenvalue weighted by molar-refractivity contribution is 6.30. The molecule has 3 amide bonds. The van der Waals surface area contributed by atoms with Gasteiger partial charge in [-0.2, -0.15) is 0 Å². The van der Waals surface area contributed by atoms with Crippen molar-refractivity contribution in [3.8, 4) is 0 Å². The molecular weight excluding hydrogens is 505 g/mol. The number of carbonyl (C=O) groups excluding carboxylic acids is 2. The van der Waals surface area contributed by atoms with E-state index in [0.29, 0.717) is 27.7 Å². The number of aromatic nitrogens is 1. The molecule has 0 saturated heterocycles. The summed E-state index contributed by atoms with van der Waals surface area (Å²) in [7, 11) is 0. The number of aliphatic imine (C=N–C) groups is 1. The Morgan fingerprint density at radius 1 is 1.03 bits per heavy atom. The summed E-state index contributed by atoms with van der Waals surface area (Å²) in [5.74, 6) is -1.05. The Morgan fingerprint density at radius 3 is 2.55 bits per heavy atom. The molecule has 0 bridgehead atoms. The lowest BCUT2D eigenvalue weighted by molar-refractivity contribution is -0.120. The number of para-hydroxylation sites is 1. The topological polar surface area (TPSA) is 86.7 Å². The number of carbonyl (C=O) groups is 2. The van der Waals surface area contributed by atoms with Crippen LogP contribution in [0.25, 0.3) is 0 Å². The molecule has 7 nitrogen and oxygen atoms in total. The number of fused-ring (bicyclic) bond motifs is 1. The van der Waals surface area contributed by atoms with Crippen LogP contribution in [0.3, 0.4) is 0 Å². The molecule has 0 radical (unpaired) electrons. The van der Waals surface area contributed by atoms with E-state index in [1.54, 1.807) is 60.7 Å². The fraction of sp³-hybridized carbons (Fsp3) is 0.103. The standard InChI is InChI=1S/C29H23ClFN5O2/c1-18-7-6-8-20(15-18)33-29(38)36(17-21-16-19(30)13-14-32-21)27-28(37)34-25-12-5-3-10-23(25)26(35-27)22-9-2-4-11-24(22)31/h2-16,27H,17H2,1H3,(H,33,38)(H,34,37). The Kier molecular flexibility index (Phi) is 7.15. The number of aryl methyl sites for hydroxylation is 1. The van der Waals surface area contributed by atoms with E-state index in [4.69, 9.17) is 16.6 Å². The van der Waals surface area contributed by atoms with Gasteiger partial charge in [0.15, 0.2) is 0 Å². The third-order valence-corrected chi connectivity index (χ3v) is 6.23. The number of urea groups is 1. The third kappa shape index (κ3) is 5.40. The molecule has 2 N–H and O–H groups in total. The second-order valence-corrected chi connectivity index (χ2v) is 9.20. The Hall–Kier alpha value is -4.56. The van der Waals surface area contributed by atoms with Gasteiger partial charge >= 0.3 is 6.03 Å². The number of hydrogen-bond acceptors (Lipinski definition) is 4. The minimum Gasteiger partial charge on any atom is -0.322 e. The maximum Gasteiger partial charge on any atom is 0.324 e. The maximum atomic E-state index is 15.0. The number of rotatable bonds is 5. The molecule has 0 saturated carbocycles. The summed E-state index contributed by atoms with van der Waals surface area (Å²) in [6, 6.07) is 23.1. The first-order valence-electron chi connectivity index (χ1n) is 11.9. The number of anilines is 2. The molecule has 3 aromatic carbocycles. The van der Waals surface area contributed by atoms with E-state index < -0.39 is 23.9 Å². The number of benzodiazepines with no additional fused rings is 1. The van der Waals surface area contributed by atoms with Gasteiger partial charge in [-0.3, -0.25) is 14.7 Å². The van der Waals surface area contributed by atoms with Crippen molar-refractivity contribution in [2.75, 3.05) is 10.6 Å². The van der Waals surface area contributed by atoms with Crippen LogP contribution in [-0.2, 0) is 11.3 Å². The van der Waals surface area contributed by atoms with Crippen molar-refractivity contribution in [1.82, 2.24) is 9.88 Å². The molecule has 5 rings (SSSR count). The summed E-state index contributed by atoms with van der Waals surface area (Å²) in [6.07, 6.45) is 0.174. The van der Waals surface area contributed by atoms with Crippen LogP contribution >= 0.6 is 11.6 Å². The van der Waals surface area contributed by atoms with Gasteiger partial charge in [-0.1, -0.05) is 54.1 Å². The zero-order valence-corrected chi connectivity index (χ0v) is 21.1. The Morgan fingerprint density at radius 2 is 1.79 bits per heavy atom. The Labute approximate surface area is 224 Å². The zero-order valence-electron chi connectivity index (χ0n) is 20.4. The highest BCUT2D eigenvalue weighted by Gasteiger charge is 2.34. The molecule has 1 atom stereocenters. The van der Waals surface area contributed by atoms with Crippen molar-refractivity contribution in [2.45, 2.75) is 19.6 Å². The van der Waals surface area contributed by atoms with E-state index in [2.05, 4.69) is 15.6 Å². The molecule has 1 unspecified atom stereocenters. The smallest absolute Gasteiger partial charge is 0.322 e. The molecule has 0 spiro atoms. The largest absolute Gasteiger partial charge is 0.324 e. The fourth-order valence-corrected chi connectivity index (χ4v) is 4.40. The second-order valence-electron chi connectivity index (χ2n) is 8.76. The molecule has 38 heavy (non-hydrogen) atoms. The molecule has 2 heterocycles. The zero-order chi connectivity index (χ0) is 26.6. The van der Waals surface area contributed by atoms with Gasteiger partial charge in [-0.15, -0.1) is 0 Å². The first-order chi connectivity index (χ1) is 18.4. The van der Waals surface area contributed by atoms with E-state index >= 15 is 0 Å². The molecule has 1 aromatic heterocycles. The highest BCUT2D eigenvalue weighted by atomic mass is 35.5.